The van der Waals surface area contributed by atoms with E-state index in [1.54, 1.807) is 0 Å². The van der Waals surface area contributed by atoms with E-state index in [2.05, 4.69) is 0 Å². The standard InChI is InChI=1S/C21H24O9/c22-10-16-18(26)19(27)20(28)21(30-16)29-15-9-12(23)8-14(25)17(15)13(24)7-6-11-4-2-1-3-5-11/h1-5,8-9,16,18-23,25-28H,6-7,10H2/t16?,18?,19?,20?,21-/m1/s1. The van der Waals surface area contributed by atoms with Gasteiger partial charge in [-0.25, -0.2) is 0 Å². The number of phenolic OH excluding ortho intramolecular Hbond substituents is 2. The molecule has 1 aliphatic heterocycles. The lowest BCUT2D eigenvalue weighted by atomic mass is 9.99. The number of Topliss-reactive ketones (excluding diaryl/α,β-unsaturated/α-hetero) is 1. The number of rotatable bonds is 7. The van der Waals surface area contributed by atoms with Gasteiger partial charge in [-0.2, -0.15) is 0 Å². The van der Waals surface area contributed by atoms with Crippen molar-refractivity contribution in [1.29, 1.82) is 0 Å². The van der Waals surface area contributed by atoms with E-state index >= 15 is 0 Å². The van der Waals surface area contributed by atoms with Crippen molar-refractivity contribution in [1.82, 2.24) is 0 Å². The van der Waals surface area contributed by atoms with E-state index in [-0.39, 0.29) is 17.7 Å². The number of carbonyl (C=O) groups is 1. The van der Waals surface area contributed by atoms with Gasteiger partial charge in [-0.1, -0.05) is 30.3 Å². The molecular weight excluding hydrogens is 396 g/mol. The number of aryl methyl sites for hydroxylation is 1. The van der Waals surface area contributed by atoms with Gasteiger partial charge in [0.1, 0.15) is 47.2 Å². The number of aromatic hydroxyl groups is 2. The predicted molar refractivity (Wildman–Crippen MR) is 103 cm³/mol. The molecular formula is C21H24O9. The smallest absolute Gasteiger partial charge is 0.229 e. The molecule has 1 fully saturated rings. The lowest BCUT2D eigenvalue weighted by Gasteiger charge is -2.39. The van der Waals surface area contributed by atoms with Crippen LogP contribution in [0.1, 0.15) is 22.3 Å². The van der Waals surface area contributed by atoms with Crippen LogP contribution in [0.4, 0.5) is 0 Å². The highest BCUT2D eigenvalue weighted by Gasteiger charge is 2.45. The summed E-state index contributed by atoms with van der Waals surface area (Å²) in [6.07, 6.45) is -7.30. The van der Waals surface area contributed by atoms with Crippen LogP contribution in [0.15, 0.2) is 42.5 Å². The molecule has 0 radical (unpaired) electrons. The molecule has 5 atom stereocenters. The van der Waals surface area contributed by atoms with Crippen molar-refractivity contribution in [3.63, 3.8) is 0 Å². The predicted octanol–water partition coefficient (Wildman–Crippen LogP) is 0.0920. The normalized spacial score (nSPS) is 26.3. The molecule has 9 nitrogen and oxygen atoms in total. The largest absolute Gasteiger partial charge is 0.508 e. The molecule has 4 unspecified atom stereocenters. The zero-order valence-corrected chi connectivity index (χ0v) is 16.0. The SMILES string of the molecule is O=C(CCc1ccccc1)c1c(O)cc(O)cc1O[C@@H]1OC(CO)C(O)C(O)C1O. The van der Waals surface area contributed by atoms with Crippen molar-refractivity contribution in [2.75, 3.05) is 6.61 Å². The Morgan fingerprint density at radius 3 is 2.37 bits per heavy atom. The molecule has 162 valence electrons. The first-order chi connectivity index (χ1) is 14.3. The summed E-state index contributed by atoms with van der Waals surface area (Å²) in [4.78, 5) is 12.8. The van der Waals surface area contributed by atoms with Crippen LogP contribution in [0.5, 0.6) is 17.2 Å². The molecule has 2 aromatic rings. The minimum absolute atomic E-state index is 0.0351. The fourth-order valence-corrected chi connectivity index (χ4v) is 3.28. The molecule has 0 saturated carbocycles. The van der Waals surface area contributed by atoms with Crippen LogP contribution in [-0.4, -0.2) is 73.7 Å². The Balaban J connectivity index is 1.83. The maximum Gasteiger partial charge on any atom is 0.229 e. The second-order valence-corrected chi connectivity index (χ2v) is 7.06. The van der Waals surface area contributed by atoms with E-state index in [0.29, 0.717) is 6.42 Å². The third-order valence-electron chi connectivity index (χ3n) is 4.92. The number of aliphatic hydroxyl groups excluding tert-OH is 4. The Morgan fingerprint density at radius 2 is 1.70 bits per heavy atom. The van der Waals surface area contributed by atoms with Crippen LogP contribution in [0.3, 0.4) is 0 Å². The average Bonchev–Trinajstić information content (AvgIpc) is 2.72. The molecule has 9 heteroatoms. The van der Waals surface area contributed by atoms with Crippen LogP contribution in [0.25, 0.3) is 0 Å². The Labute approximate surface area is 172 Å². The molecule has 1 aliphatic rings. The van der Waals surface area contributed by atoms with Crippen LogP contribution in [-0.2, 0) is 11.2 Å². The molecule has 30 heavy (non-hydrogen) atoms. The number of benzene rings is 2. The molecule has 1 saturated heterocycles. The number of phenols is 2. The van der Waals surface area contributed by atoms with Gasteiger partial charge in [-0.3, -0.25) is 4.79 Å². The van der Waals surface area contributed by atoms with Gasteiger partial charge in [0.15, 0.2) is 5.78 Å². The van der Waals surface area contributed by atoms with Crippen molar-refractivity contribution < 1.29 is 44.9 Å². The van der Waals surface area contributed by atoms with E-state index < -0.39 is 54.6 Å². The van der Waals surface area contributed by atoms with Crippen LogP contribution < -0.4 is 4.74 Å². The number of hydrogen-bond acceptors (Lipinski definition) is 9. The van der Waals surface area contributed by atoms with Gasteiger partial charge in [-0.05, 0) is 12.0 Å². The minimum atomic E-state index is -1.71. The molecule has 2 aromatic carbocycles. The Morgan fingerprint density at radius 1 is 1.00 bits per heavy atom. The summed E-state index contributed by atoms with van der Waals surface area (Å²) < 4.78 is 10.8. The second kappa shape index (κ2) is 9.41. The van der Waals surface area contributed by atoms with Crippen molar-refractivity contribution in [2.24, 2.45) is 0 Å². The Hall–Kier alpha value is -2.69. The first-order valence-corrected chi connectivity index (χ1v) is 9.42. The lowest BCUT2D eigenvalue weighted by Crippen LogP contribution is -2.60. The summed E-state index contributed by atoms with van der Waals surface area (Å²) in [5, 5.41) is 59.3. The minimum Gasteiger partial charge on any atom is -0.508 e. The van der Waals surface area contributed by atoms with E-state index in [4.69, 9.17) is 9.47 Å². The molecule has 0 aliphatic carbocycles. The van der Waals surface area contributed by atoms with E-state index in [9.17, 15) is 35.4 Å². The molecule has 0 aromatic heterocycles. The third-order valence-corrected chi connectivity index (χ3v) is 4.92. The summed E-state index contributed by atoms with van der Waals surface area (Å²) in [6, 6.07) is 11.3. The molecule has 0 bridgehead atoms. The third kappa shape index (κ3) is 4.72. The Kier molecular flexibility index (Phi) is 6.91. The van der Waals surface area contributed by atoms with Gasteiger partial charge in [0, 0.05) is 18.6 Å². The highest BCUT2D eigenvalue weighted by atomic mass is 16.7. The Bertz CT molecular complexity index is 868. The maximum absolute atomic E-state index is 12.8. The zero-order valence-electron chi connectivity index (χ0n) is 16.0. The number of hydrogen-bond donors (Lipinski definition) is 6. The highest BCUT2D eigenvalue weighted by Crippen LogP contribution is 2.36. The van der Waals surface area contributed by atoms with Crippen LogP contribution in [0, 0.1) is 0 Å². The molecule has 1 heterocycles. The highest BCUT2D eigenvalue weighted by molar-refractivity contribution is 6.01. The summed E-state index contributed by atoms with van der Waals surface area (Å²) in [7, 11) is 0. The molecule has 3 rings (SSSR count). The number of ketones is 1. The van der Waals surface area contributed by atoms with Gasteiger partial charge < -0.3 is 40.1 Å². The van der Waals surface area contributed by atoms with Crippen LogP contribution in [0.2, 0.25) is 0 Å². The van der Waals surface area contributed by atoms with E-state index in [1.807, 2.05) is 30.3 Å². The summed E-state index contributed by atoms with van der Waals surface area (Å²) >= 11 is 0. The fraction of sp³-hybridized carbons (Fsp3) is 0.381. The first-order valence-electron chi connectivity index (χ1n) is 9.42. The monoisotopic (exact) mass is 420 g/mol. The number of carbonyl (C=O) groups excluding carboxylic acids is 1. The first kappa shape index (κ1) is 22.0. The van der Waals surface area contributed by atoms with Crippen LogP contribution >= 0.6 is 0 Å². The van der Waals surface area contributed by atoms with Gasteiger partial charge in [0.2, 0.25) is 6.29 Å². The summed E-state index contributed by atoms with van der Waals surface area (Å²) in [5.74, 6) is -1.66. The van der Waals surface area contributed by atoms with Gasteiger partial charge >= 0.3 is 0 Å². The molecule has 6 N–H and O–H groups in total. The van der Waals surface area contributed by atoms with Crippen molar-refractivity contribution in [3.8, 4) is 17.2 Å². The second-order valence-electron chi connectivity index (χ2n) is 7.06. The maximum atomic E-state index is 12.8. The molecule has 0 amide bonds. The summed E-state index contributed by atoms with van der Waals surface area (Å²) in [5.41, 5.74) is 0.696. The fourth-order valence-electron chi connectivity index (χ4n) is 3.28. The van der Waals surface area contributed by atoms with Crippen molar-refractivity contribution in [3.05, 3.63) is 53.6 Å². The number of aliphatic hydroxyl groups is 4. The number of ether oxygens (including phenoxy) is 2. The van der Waals surface area contributed by atoms with E-state index in [1.165, 1.54) is 0 Å². The topological polar surface area (TPSA) is 157 Å². The quantitative estimate of drug-likeness (QED) is 0.342. The van der Waals surface area contributed by atoms with Gasteiger partial charge in [0.05, 0.1) is 6.61 Å². The van der Waals surface area contributed by atoms with Crippen molar-refractivity contribution in [2.45, 2.75) is 43.5 Å². The van der Waals surface area contributed by atoms with E-state index in [0.717, 1.165) is 17.7 Å². The average molecular weight is 420 g/mol. The summed E-state index contributed by atoms with van der Waals surface area (Å²) in [6.45, 7) is -0.654. The van der Waals surface area contributed by atoms with Crippen molar-refractivity contribution >= 4 is 5.78 Å². The molecule has 0 spiro atoms. The zero-order chi connectivity index (χ0) is 21.8. The van der Waals surface area contributed by atoms with Gasteiger partial charge in [0.25, 0.3) is 0 Å². The lowest BCUT2D eigenvalue weighted by molar-refractivity contribution is -0.277. The van der Waals surface area contributed by atoms with Gasteiger partial charge in [-0.15, -0.1) is 0 Å².